The zero-order valence-corrected chi connectivity index (χ0v) is 36.4. The molecule has 4 aromatic heterocycles. The maximum absolute atomic E-state index is 14.3. The third-order valence-corrected chi connectivity index (χ3v) is 15.0. The van der Waals surface area contributed by atoms with E-state index in [1.807, 2.05) is 98.2 Å². The molecule has 2 amide bonds. The van der Waals surface area contributed by atoms with Crippen molar-refractivity contribution in [1.82, 2.24) is 29.0 Å². The summed E-state index contributed by atoms with van der Waals surface area (Å²) >= 11 is 1.39. The Labute approximate surface area is 373 Å². The van der Waals surface area contributed by atoms with E-state index in [-0.39, 0.29) is 35.2 Å². The van der Waals surface area contributed by atoms with Gasteiger partial charge in [-0.05, 0) is 111 Å². The van der Waals surface area contributed by atoms with Crippen LogP contribution in [0.1, 0.15) is 70.5 Å². The van der Waals surface area contributed by atoms with Crippen LogP contribution in [-0.4, -0.2) is 78.3 Å². The average molecular weight is 876 g/mol. The van der Waals surface area contributed by atoms with E-state index in [2.05, 4.69) is 30.2 Å². The monoisotopic (exact) mass is 875 g/mol. The number of piperazine rings is 1. The quantitative estimate of drug-likeness (QED) is 0.114. The molecule has 5 heterocycles. The number of ether oxygens (including phenoxy) is 1. The number of amides is 2. The maximum Gasteiger partial charge on any atom is 0.410 e. The van der Waals surface area contributed by atoms with Crippen LogP contribution in [-0.2, 0) is 17.9 Å². The number of pyridine rings is 1. The van der Waals surface area contributed by atoms with Crippen molar-refractivity contribution in [3.8, 4) is 11.1 Å². The predicted octanol–water partition coefficient (Wildman–Crippen LogP) is 9.49. The number of aromatic carboxylic acids is 1. The van der Waals surface area contributed by atoms with E-state index in [0.29, 0.717) is 53.9 Å². The van der Waals surface area contributed by atoms with Crippen LogP contribution in [0.4, 0.5) is 27.1 Å². The molecule has 4 saturated carbocycles. The van der Waals surface area contributed by atoms with Crippen LogP contribution in [0.25, 0.3) is 27.0 Å². The molecule has 0 atom stereocenters. The zero-order chi connectivity index (χ0) is 43.5. The van der Waals surface area contributed by atoms with Gasteiger partial charge < -0.3 is 25.0 Å². The number of anilines is 4. The standard InChI is InChI=1S/C49H49N9O5S/c1-30-38(26-51-58(30)29-49-23-32-19-33(24-49)21-34(20-32)25-49)36-13-14-57-42(27-50-44(57)43(36)46(60)61)52-39-12-11-35(22-37(39)45(59)54-47-53-40-9-5-6-10-41(40)64-47)55-15-17-56(18-16-55)48(62)63-28-31-7-3-2-4-8-31/h2-14,22,26-27,32-34,52H,15-21,23-25,28-29H2,1H3,(H,60,61)(H,53,54,59). The molecule has 326 valence electrons. The number of carbonyl (C=O) groups is 3. The van der Waals surface area contributed by atoms with Gasteiger partial charge in [-0.2, -0.15) is 5.10 Å². The minimum Gasteiger partial charge on any atom is -0.478 e. The summed E-state index contributed by atoms with van der Waals surface area (Å²) in [6.45, 7) is 5.12. The smallest absolute Gasteiger partial charge is 0.410 e. The van der Waals surface area contributed by atoms with Gasteiger partial charge in [-0.1, -0.05) is 53.8 Å². The van der Waals surface area contributed by atoms with Gasteiger partial charge in [-0.15, -0.1) is 0 Å². The molecule has 7 aromatic rings. The van der Waals surface area contributed by atoms with Crippen molar-refractivity contribution in [2.24, 2.45) is 23.2 Å². The summed E-state index contributed by atoms with van der Waals surface area (Å²) in [6, 6.07) is 24.8. The number of carbonyl (C=O) groups excluding carboxylic acids is 2. The Morgan fingerprint density at radius 2 is 1.61 bits per heavy atom. The number of hydrogen-bond acceptors (Lipinski definition) is 10. The lowest BCUT2D eigenvalue weighted by atomic mass is 9.49. The van der Waals surface area contributed by atoms with Gasteiger partial charge in [0.25, 0.3) is 5.91 Å². The number of carboxylic acids is 1. The second-order valence-corrected chi connectivity index (χ2v) is 19.3. The molecule has 0 radical (unpaired) electrons. The van der Waals surface area contributed by atoms with E-state index in [1.165, 1.54) is 49.9 Å². The highest BCUT2D eigenvalue weighted by atomic mass is 32.1. The van der Waals surface area contributed by atoms with E-state index in [1.54, 1.807) is 15.5 Å². The Morgan fingerprint density at radius 1 is 0.875 bits per heavy atom. The molecule has 5 fully saturated rings. The molecule has 12 rings (SSSR count). The Hall–Kier alpha value is -6.74. The number of rotatable bonds is 11. The first-order chi connectivity index (χ1) is 31.1. The van der Waals surface area contributed by atoms with Crippen LogP contribution in [0.2, 0.25) is 0 Å². The predicted molar refractivity (Wildman–Crippen MR) is 246 cm³/mol. The molecule has 3 aromatic carbocycles. The third kappa shape index (κ3) is 7.50. The number of thiazole rings is 1. The molecular formula is C49H49N9O5S. The molecule has 14 nitrogen and oxygen atoms in total. The number of benzene rings is 3. The largest absolute Gasteiger partial charge is 0.478 e. The van der Waals surface area contributed by atoms with Crippen molar-refractivity contribution >= 4 is 67.5 Å². The number of aromatic nitrogens is 5. The van der Waals surface area contributed by atoms with Crippen LogP contribution in [0.15, 0.2) is 97.5 Å². The molecule has 3 N–H and O–H groups in total. The Kier molecular flexibility index (Phi) is 10.1. The molecule has 5 aliphatic rings. The first kappa shape index (κ1) is 40.1. The normalized spacial score (nSPS) is 21.4. The van der Waals surface area contributed by atoms with E-state index < -0.39 is 5.97 Å². The number of para-hydroxylation sites is 1. The third-order valence-electron chi connectivity index (χ3n) is 14.1. The fourth-order valence-corrected chi connectivity index (χ4v) is 12.3. The van der Waals surface area contributed by atoms with Crippen molar-refractivity contribution in [2.75, 3.05) is 41.7 Å². The Morgan fingerprint density at radius 3 is 2.34 bits per heavy atom. The fourth-order valence-electron chi connectivity index (χ4n) is 11.5. The van der Waals surface area contributed by atoms with Gasteiger partial charge in [0.2, 0.25) is 0 Å². The molecule has 0 spiro atoms. The highest BCUT2D eigenvalue weighted by Crippen LogP contribution is 2.60. The van der Waals surface area contributed by atoms with Gasteiger partial charge in [-0.3, -0.25) is 19.2 Å². The number of fused-ring (bicyclic) bond motifs is 2. The first-order valence-corrected chi connectivity index (χ1v) is 23.0. The van der Waals surface area contributed by atoms with Crippen LogP contribution < -0.4 is 15.5 Å². The SMILES string of the molecule is Cc1c(-c2ccn3c(Nc4ccc(N5CCN(C(=O)OCc6ccccc6)CC5)cc4C(=O)Nc4nc5ccccc5s4)cnc3c2C(=O)O)cnn1CC12CC3CC(CC(C3)C1)C2. The second kappa shape index (κ2) is 16.1. The summed E-state index contributed by atoms with van der Waals surface area (Å²) in [5.74, 6) is 1.53. The molecule has 4 aliphatic carbocycles. The summed E-state index contributed by atoms with van der Waals surface area (Å²) in [7, 11) is 0. The van der Waals surface area contributed by atoms with Crippen molar-refractivity contribution in [3.05, 3.63) is 120 Å². The maximum atomic E-state index is 14.3. The van der Waals surface area contributed by atoms with Gasteiger partial charge in [-0.25, -0.2) is 19.6 Å². The topological polar surface area (TPSA) is 159 Å². The number of nitrogens with zero attached hydrogens (tertiary/aromatic N) is 7. The zero-order valence-electron chi connectivity index (χ0n) is 35.6. The minimum atomic E-state index is -1.09. The summed E-state index contributed by atoms with van der Waals surface area (Å²) < 4.78 is 10.4. The Bertz CT molecular complexity index is 2860. The lowest BCUT2D eigenvalue weighted by Crippen LogP contribution is -2.49. The van der Waals surface area contributed by atoms with Crippen molar-refractivity contribution in [2.45, 2.75) is 58.6 Å². The molecule has 1 saturated heterocycles. The summed E-state index contributed by atoms with van der Waals surface area (Å²) in [6.07, 6.45) is 12.8. The van der Waals surface area contributed by atoms with E-state index in [0.717, 1.165) is 57.0 Å². The lowest BCUT2D eigenvalue weighted by Gasteiger charge is -2.56. The van der Waals surface area contributed by atoms with Gasteiger partial charge in [0.1, 0.15) is 18.0 Å². The van der Waals surface area contributed by atoms with E-state index in [9.17, 15) is 19.5 Å². The number of hydrogen-bond donors (Lipinski definition) is 3. The summed E-state index contributed by atoms with van der Waals surface area (Å²) in [5, 5.41) is 22.5. The van der Waals surface area contributed by atoms with Gasteiger partial charge in [0, 0.05) is 61.4 Å². The first-order valence-electron chi connectivity index (χ1n) is 22.2. The molecule has 1 aliphatic heterocycles. The van der Waals surface area contributed by atoms with Crippen LogP contribution in [0, 0.1) is 30.1 Å². The fraction of sp³-hybridized carbons (Fsp3) is 0.347. The van der Waals surface area contributed by atoms with Crippen molar-refractivity contribution < 1.29 is 24.2 Å². The summed E-state index contributed by atoms with van der Waals surface area (Å²) in [4.78, 5) is 53.5. The van der Waals surface area contributed by atoms with Crippen LogP contribution in [0.3, 0.4) is 0 Å². The highest BCUT2D eigenvalue weighted by Gasteiger charge is 2.51. The van der Waals surface area contributed by atoms with Gasteiger partial charge in [0.15, 0.2) is 10.8 Å². The van der Waals surface area contributed by atoms with E-state index in [4.69, 9.17) is 9.84 Å². The van der Waals surface area contributed by atoms with Crippen molar-refractivity contribution in [1.29, 1.82) is 0 Å². The molecule has 0 unspecified atom stereocenters. The van der Waals surface area contributed by atoms with Crippen LogP contribution >= 0.6 is 11.3 Å². The minimum absolute atomic E-state index is 0.0836. The second-order valence-electron chi connectivity index (χ2n) is 18.3. The van der Waals surface area contributed by atoms with Crippen molar-refractivity contribution in [3.63, 3.8) is 0 Å². The lowest BCUT2D eigenvalue weighted by molar-refractivity contribution is -0.0638. The molecule has 4 bridgehead atoms. The number of carboxylic acid groups (broad SMARTS) is 1. The number of imidazole rings is 1. The highest BCUT2D eigenvalue weighted by molar-refractivity contribution is 7.22. The summed E-state index contributed by atoms with van der Waals surface area (Å²) in [5.41, 5.74) is 6.33. The molecule has 64 heavy (non-hydrogen) atoms. The Balaban J connectivity index is 0.861. The van der Waals surface area contributed by atoms with Gasteiger partial charge >= 0.3 is 12.1 Å². The van der Waals surface area contributed by atoms with Gasteiger partial charge in [0.05, 0.1) is 33.9 Å². The average Bonchev–Trinajstić information content (AvgIpc) is 4.01. The molecular weight excluding hydrogens is 827 g/mol. The molecule has 15 heteroatoms. The van der Waals surface area contributed by atoms with Crippen LogP contribution in [0.5, 0.6) is 0 Å². The van der Waals surface area contributed by atoms with E-state index >= 15 is 0 Å². The number of nitrogens with one attached hydrogen (secondary N) is 2.